The molecule has 0 spiro atoms. The summed E-state index contributed by atoms with van der Waals surface area (Å²) in [6, 6.07) is 6.16. The van der Waals surface area contributed by atoms with Gasteiger partial charge in [0.05, 0.1) is 4.90 Å². The molecule has 23 heavy (non-hydrogen) atoms. The highest BCUT2D eigenvalue weighted by molar-refractivity contribution is 7.89. The van der Waals surface area contributed by atoms with Crippen LogP contribution in [0.5, 0.6) is 0 Å². The monoisotopic (exact) mass is 361 g/mol. The van der Waals surface area contributed by atoms with Crippen LogP contribution >= 0.6 is 12.4 Å². The number of anilines is 1. The molecule has 1 aliphatic heterocycles. The Bertz CT molecular complexity index is 599. The van der Waals surface area contributed by atoms with E-state index in [1.54, 1.807) is 12.1 Å². The van der Waals surface area contributed by atoms with Gasteiger partial charge in [-0.05, 0) is 62.5 Å². The molecule has 0 saturated carbocycles. The van der Waals surface area contributed by atoms with E-state index < -0.39 is 10.0 Å². The molecular weight excluding hydrogens is 338 g/mol. The van der Waals surface area contributed by atoms with Crippen molar-refractivity contribution in [2.45, 2.75) is 31.1 Å². The van der Waals surface area contributed by atoms with Crippen molar-refractivity contribution in [1.29, 1.82) is 0 Å². The van der Waals surface area contributed by atoms with Gasteiger partial charge in [0.1, 0.15) is 0 Å². The second kappa shape index (κ2) is 9.22. The first kappa shape index (κ1) is 19.9. The summed E-state index contributed by atoms with van der Waals surface area (Å²) in [7, 11) is -3.49. The van der Waals surface area contributed by atoms with Gasteiger partial charge in [0, 0.05) is 19.2 Å². The maximum Gasteiger partial charge on any atom is 0.240 e. The molecule has 1 unspecified atom stereocenters. The quantitative estimate of drug-likeness (QED) is 0.720. The number of piperidine rings is 1. The van der Waals surface area contributed by atoms with Crippen molar-refractivity contribution in [2.24, 2.45) is 5.92 Å². The second-order valence-corrected chi connectivity index (χ2v) is 7.37. The normalized spacial score (nSPS) is 18.0. The van der Waals surface area contributed by atoms with Gasteiger partial charge in [-0.1, -0.05) is 0 Å². The Morgan fingerprint density at radius 2 is 2.00 bits per heavy atom. The van der Waals surface area contributed by atoms with Gasteiger partial charge in [-0.15, -0.1) is 12.4 Å². The molecule has 1 heterocycles. The molecule has 1 saturated heterocycles. The summed E-state index contributed by atoms with van der Waals surface area (Å²) in [5.41, 5.74) is 0.583. The van der Waals surface area contributed by atoms with Crippen LogP contribution < -0.4 is 15.4 Å². The van der Waals surface area contributed by atoms with Gasteiger partial charge in [-0.2, -0.15) is 0 Å². The first-order chi connectivity index (χ1) is 10.5. The van der Waals surface area contributed by atoms with Crippen LogP contribution in [0.3, 0.4) is 0 Å². The largest absolute Gasteiger partial charge is 0.326 e. The lowest BCUT2D eigenvalue weighted by molar-refractivity contribution is -0.114. The van der Waals surface area contributed by atoms with Crippen LogP contribution in [0, 0.1) is 5.92 Å². The van der Waals surface area contributed by atoms with Crippen LogP contribution in [0.2, 0.25) is 0 Å². The van der Waals surface area contributed by atoms with E-state index in [0.29, 0.717) is 18.2 Å². The predicted molar refractivity (Wildman–Crippen MR) is 93.4 cm³/mol. The zero-order valence-corrected chi connectivity index (χ0v) is 14.8. The molecule has 6 nitrogen and oxygen atoms in total. The van der Waals surface area contributed by atoms with Crippen LogP contribution in [0.15, 0.2) is 29.2 Å². The summed E-state index contributed by atoms with van der Waals surface area (Å²) in [5, 5.41) is 5.93. The summed E-state index contributed by atoms with van der Waals surface area (Å²) in [6.45, 7) is 3.88. The standard InChI is InChI=1S/C15H23N3O3S.ClH/c1-12(19)18-14-4-6-15(7-5-14)22(20,21)17-10-8-13-3-2-9-16-11-13;/h4-7,13,16-17H,2-3,8-11H2,1H3,(H,18,19);1H. The van der Waals surface area contributed by atoms with Gasteiger partial charge in [-0.25, -0.2) is 13.1 Å². The average molecular weight is 362 g/mol. The first-order valence-corrected chi connectivity index (χ1v) is 9.04. The molecule has 1 fully saturated rings. The highest BCUT2D eigenvalue weighted by Gasteiger charge is 2.16. The van der Waals surface area contributed by atoms with Crippen LogP contribution in [-0.2, 0) is 14.8 Å². The molecule has 0 aromatic heterocycles. The summed E-state index contributed by atoms with van der Waals surface area (Å²) >= 11 is 0. The van der Waals surface area contributed by atoms with Crippen molar-refractivity contribution in [2.75, 3.05) is 25.0 Å². The first-order valence-electron chi connectivity index (χ1n) is 7.55. The molecule has 1 aromatic carbocycles. The maximum atomic E-state index is 12.2. The molecule has 8 heteroatoms. The Labute approximate surface area is 143 Å². The minimum atomic E-state index is -3.49. The topological polar surface area (TPSA) is 87.3 Å². The molecule has 1 aliphatic rings. The second-order valence-electron chi connectivity index (χ2n) is 5.60. The van der Waals surface area contributed by atoms with E-state index in [1.807, 2.05) is 0 Å². The van der Waals surface area contributed by atoms with Crippen LogP contribution in [-0.4, -0.2) is 34.0 Å². The molecule has 0 radical (unpaired) electrons. The number of benzene rings is 1. The smallest absolute Gasteiger partial charge is 0.240 e. The highest BCUT2D eigenvalue weighted by Crippen LogP contribution is 2.16. The van der Waals surface area contributed by atoms with Crippen molar-refractivity contribution >= 4 is 34.0 Å². The van der Waals surface area contributed by atoms with Gasteiger partial charge >= 0.3 is 0 Å². The number of sulfonamides is 1. The molecule has 0 bridgehead atoms. The third kappa shape index (κ3) is 6.47. The number of nitrogens with one attached hydrogen (secondary N) is 3. The van der Waals surface area contributed by atoms with Gasteiger partial charge in [0.15, 0.2) is 0 Å². The number of hydrogen-bond donors (Lipinski definition) is 3. The zero-order valence-electron chi connectivity index (χ0n) is 13.2. The number of rotatable bonds is 6. The predicted octanol–water partition coefficient (Wildman–Crippen LogP) is 1.73. The summed E-state index contributed by atoms with van der Waals surface area (Å²) in [6.07, 6.45) is 3.15. The lowest BCUT2D eigenvalue weighted by Crippen LogP contribution is -2.33. The third-order valence-electron chi connectivity index (χ3n) is 3.73. The lowest BCUT2D eigenvalue weighted by Gasteiger charge is -2.22. The van der Waals surface area contributed by atoms with E-state index in [2.05, 4.69) is 15.4 Å². The van der Waals surface area contributed by atoms with Crippen LogP contribution in [0.1, 0.15) is 26.2 Å². The molecular formula is C15H24ClN3O3S. The Hall–Kier alpha value is -1.15. The summed E-state index contributed by atoms with van der Waals surface area (Å²) in [4.78, 5) is 11.2. The zero-order chi connectivity index (χ0) is 16.0. The molecule has 130 valence electrons. The van der Waals surface area contributed by atoms with Gasteiger partial charge in [0.2, 0.25) is 15.9 Å². The molecule has 1 aromatic rings. The van der Waals surface area contributed by atoms with E-state index in [1.165, 1.54) is 19.1 Å². The Morgan fingerprint density at radius 3 is 2.57 bits per heavy atom. The van der Waals surface area contributed by atoms with E-state index in [-0.39, 0.29) is 23.2 Å². The highest BCUT2D eigenvalue weighted by atomic mass is 35.5. The lowest BCUT2D eigenvalue weighted by atomic mass is 9.96. The molecule has 1 amide bonds. The van der Waals surface area contributed by atoms with Crippen molar-refractivity contribution in [3.63, 3.8) is 0 Å². The number of amides is 1. The van der Waals surface area contributed by atoms with E-state index in [4.69, 9.17) is 0 Å². The fourth-order valence-electron chi connectivity index (χ4n) is 2.57. The van der Waals surface area contributed by atoms with E-state index in [0.717, 1.165) is 32.4 Å². The fourth-order valence-corrected chi connectivity index (χ4v) is 3.62. The molecule has 2 rings (SSSR count). The summed E-state index contributed by atoms with van der Waals surface area (Å²) < 4.78 is 27.0. The van der Waals surface area contributed by atoms with Crippen molar-refractivity contribution in [3.8, 4) is 0 Å². The Morgan fingerprint density at radius 1 is 1.30 bits per heavy atom. The molecule has 0 aliphatic carbocycles. The number of halogens is 1. The van der Waals surface area contributed by atoms with Gasteiger partial charge in [0.25, 0.3) is 0 Å². The fraction of sp³-hybridized carbons (Fsp3) is 0.533. The van der Waals surface area contributed by atoms with E-state index in [9.17, 15) is 13.2 Å². The van der Waals surface area contributed by atoms with Crippen molar-refractivity contribution in [1.82, 2.24) is 10.0 Å². The van der Waals surface area contributed by atoms with Gasteiger partial charge < -0.3 is 10.6 Å². The Balaban J connectivity index is 0.00000264. The third-order valence-corrected chi connectivity index (χ3v) is 5.21. The van der Waals surface area contributed by atoms with Crippen molar-refractivity contribution < 1.29 is 13.2 Å². The van der Waals surface area contributed by atoms with Crippen molar-refractivity contribution in [3.05, 3.63) is 24.3 Å². The summed E-state index contributed by atoms with van der Waals surface area (Å²) in [5.74, 6) is 0.355. The van der Waals surface area contributed by atoms with Crippen LogP contribution in [0.25, 0.3) is 0 Å². The van der Waals surface area contributed by atoms with E-state index >= 15 is 0 Å². The minimum Gasteiger partial charge on any atom is -0.326 e. The molecule has 1 atom stereocenters. The number of hydrogen-bond acceptors (Lipinski definition) is 4. The SMILES string of the molecule is CC(=O)Nc1ccc(S(=O)(=O)NCCC2CCCNC2)cc1.Cl. The minimum absolute atomic E-state index is 0. The average Bonchev–Trinajstić information content (AvgIpc) is 2.48. The van der Waals surface area contributed by atoms with Gasteiger partial charge in [-0.3, -0.25) is 4.79 Å². The number of carbonyl (C=O) groups excluding carboxylic acids is 1. The molecule has 3 N–H and O–H groups in total. The Kier molecular flexibility index (Phi) is 7.98. The number of carbonyl (C=O) groups is 1. The van der Waals surface area contributed by atoms with Crippen LogP contribution in [0.4, 0.5) is 5.69 Å². The maximum absolute atomic E-state index is 12.2.